The van der Waals surface area contributed by atoms with Crippen LogP contribution in [-0.2, 0) is 6.54 Å². The minimum Gasteiger partial charge on any atom is -0.389 e. The third-order valence-electron chi connectivity index (χ3n) is 4.15. The third kappa shape index (κ3) is 4.67. The van der Waals surface area contributed by atoms with Gasteiger partial charge in [0.05, 0.1) is 0 Å². The van der Waals surface area contributed by atoms with Gasteiger partial charge in [0.1, 0.15) is 4.99 Å². The molecule has 1 aliphatic rings. The fourth-order valence-corrected chi connectivity index (χ4v) is 3.50. The van der Waals surface area contributed by atoms with Gasteiger partial charge in [0.25, 0.3) is 0 Å². The number of halogens is 1. The van der Waals surface area contributed by atoms with Crippen molar-refractivity contribution in [1.82, 2.24) is 4.90 Å². The zero-order chi connectivity index (χ0) is 15.4. The van der Waals surface area contributed by atoms with Gasteiger partial charge in [0.15, 0.2) is 0 Å². The summed E-state index contributed by atoms with van der Waals surface area (Å²) in [6.07, 6.45) is 5.34. The quantitative estimate of drug-likeness (QED) is 0.788. The third-order valence-corrected chi connectivity index (χ3v) is 4.74. The van der Waals surface area contributed by atoms with Gasteiger partial charge in [0, 0.05) is 29.7 Å². The molecule has 0 aromatic heterocycles. The molecule has 2 rings (SSSR count). The minimum atomic E-state index is 0.401. The Morgan fingerprint density at radius 2 is 2.05 bits per heavy atom. The highest BCUT2D eigenvalue weighted by Crippen LogP contribution is 2.28. The van der Waals surface area contributed by atoms with Crippen LogP contribution in [0.2, 0.25) is 5.02 Å². The predicted octanol–water partition coefficient (Wildman–Crippen LogP) is 4.37. The van der Waals surface area contributed by atoms with Crippen LogP contribution in [0.4, 0.5) is 0 Å². The predicted molar refractivity (Wildman–Crippen MR) is 94.8 cm³/mol. The maximum absolute atomic E-state index is 6.42. The first-order valence-corrected chi connectivity index (χ1v) is 8.58. The minimum absolute atomic E-state index is 0.401. The molecule has 1 fully saturated rings. The summed E-state index contributed by atoms with van der Waals surface area (Å²) in [6.45, 7) is 6.59. The highest BCUT2D eigenvalue weighted by atomic mass is 35.5. The number of thiocarbonyl (C=S) groups is 1. The van der Waals surface area contributed by atoms with E-state index in [1.165, 1.54) is 31.2 Å². The van der Waals surface area contributed by atoms with E-state index in [2.05, 4.69) is 24.8 Å². The van der Waals surface area contributed by atoms with Crippen molar-refractivity contribution < 1.29 is 0 Å². The molecule has 2 N–H and O–H groups in total. The van der Waals surface area contributed by atoms with Crippen molar-refractivity contribution in [3.63, 3.8) is 0 Å². The van der Waals surface area contributed by atoms with Gasteiger partial charge in [-0.15, -0.1) is 0 Å². The summed E-state index contributed by atoms with van der Waals surface area (Å²) in [6, 6.07) is 6.64. The normalized spacial score (nSPS) is 16.0. The van der Waals surface area contributed by atoms with Gasteiger partial charge in [-0.05, 0) is 30.4 Å². The number of hydrogen-bond donors (Lipinski definition) is 1. The molecule has 2 nitrogen and oxygen atoms in total. The van der Waals surface area contributed by atoms with E-state index in [0.717, 1.165) is 23.7 Å². The topological polar surface area (TPSA) is 29.3 Å². The largest absolute Gasteiger partial charge is 0.389 e. The molecule has 1 aliphatic carbocycles. The van der Waals surface area contributed by atoms with E-state index in [4.69, 9.17) is 29.6 Å². The van der Waals surface area contributed by atoms with Crippen molar-refractivity contribution >= 4 is 28.8 Å². The summed E-state index contributed by atoms with van der Waals surface area (Å²) in [5.41, 5.74) is 7.67. The van der Waals surface area contributed by atoms with Crippen LogP contribution in [0.3, 0.4) is 0 Å². The molecule has 4 heteroatoms. The summed E-state index contributed by atoms with van der Waals surface area (Å²) in [5, 5.41) is 0.770. The Kier molecular flexibility index (Phi) is 6.03. The Morgan fingerprint density at radius 3 is 2.57 bits per heavy atom. The smallest absolute Gasteiger partial charge is 0.104 e. The lowest BCUT2D eigenvalue weighted by Gasteiger charge is -2.30. The zero-order valence-corrected chi connectivity index (χ0v) is 14.5. The van der Waals surface area contributed by atoms with Crippen molar-refractivity contribution in [3.8, 4) is 0 Å². The number of rotatable bonds is 6. The first-order chi connectivity index (χ1) is 9.97. The second kappa shape index (κ2) is 7.57. The highest BCUT2D eigenvalue weighted by Gasteiger charge is 2.23. The maximum Gasteiger partial charge on any atom is 0.104 e. The van der Waals surface area contributed by atoms with Gasteiger partial charge < -0.3 is 5.73 Å². The van der Waals surface area contributed by atoms with E-state index in [9.17, 15) is 0 Å². The molecule has 0 atom stereocenters. The molecule has 0 spiro atoms. The van der Waals surface area contributed by atoms with Crippen LogP contribution in [-0.4, -0.2) is 22.5 Å². The fourth-order valence-electron chi connectivity index (χ4n) is 3.13. The second-order valence-electron chi connectivity index (χ2n) is 6.43. The lowest BCUT2D eigenvalue weighted by Crippen LogP contribution is -2.35. The fraction of sp³-hybridized carbons (Fsp3) is 0.588. The Hall–Kier alpha value is -0.640. The molecule has 1 aromatic rings. The van der Waals surface area contributed by atoms with E-state index in [0.29, 0.717) is 16.9 Å². The number of nitrogens with zero attached hydrogens (tertiary/aromatic N) is 1. The molecule has 21 heavy (non-hydrogen) atoms. The van der Waals surface area contributed by atoms with Crippen molar-refractivity contribution in [3.05, 3.63) is 34.3 Å². The molecular formula is C17H25ClN2S. The van der Waals surface area contributed by atoms with Crippen molar-refractivity contribution in [2.45, 2.75) is 52.1 Å². The van der Waals surface area contributed by atoms with Gasteiger partial charge in [-0.2, -0.15) is 0 Å². The maximum atomic E-state index is 6.42. The Balaban J connectivity index is 2.13. The van der Waals surface area contributed by atoms with E-state index < -0.39 is 0 Å². The summed E-state index contributed by atoms with van der Waals surface area (Å²) in [5.74, 6) is 0.667. The van der Waals surface area contributed by atoms with E-state index in [1.54, 1.807) is 0 Å². The molecule has 116 valence electrons. The molecule has 0 aliphatic heterocycles. The van der Waals surface area contributed by atoms with Crippen molar-refractivity contribution in [2.75, 3.05) is 6.54 Å². The van der Waals surface area contributed by atoms with Crippen LogP contribution in [0, 0.1) is 5.92 Å². The molecular weight excluding hydrogens is 300 g/mol. The Labute approximate surface area is 138 Å². The van der Waals surface area contributed by atoms with Crippen LogP contribution in [0.25, 0.3) is 0 Å². The van der Waals surface area contributed by atoms with Gasteiger partial charge >= 0.3 is 0 Å². The summed E-state index contributed by atoms with van der Waals surface area (Å²) >= 11 is 11.4. The van der Waals surface area contributed by atoms with E-state index in [1.807, 2.05) is 12.1 Å². The standard InChI is InChI=1S/C17H25ClN2S/c1-12(2)10-20(15-5-3-4-6-15)11-14-8-7-13(17(19)21)9-16(14)18/h7-9,12,15H,3-6,10-11H2,1-2H3,(H2,19,21). The van der Waals surface area contributed by atoms with Gasteiger partial charge in [0.2, 0.25) is 0 Å². The number of benzene rings is 1. The molecule has 0 heterocycles. The molecule has 0 unspecified atom stereocenters. The monoisotopic (exact) mass is 324 g/mol. The average Bonchev–Trinajstić information content (AvgIpc) is 2.93. The van der Waals surface area contributed by atoms with E-state index in [-0.39, 0.29) is 0 Å². The molecule has 0 radical (unpaired) electrons. The summed E-state index contributed by atoms with van der Waals surface area (Å²) < 4.78 is 0. The SMILES string of the molecule is CC(C)CN(Cc1ccc(C(N)=S)cc1Cl)C1CCCC1. The van der Waals surface area contributed by atoms with Crippen LogP contribution >= 0.6 is 23.8 Å². The van der Waals surface area contributed by atoms with Crippen LogP contribution in [0.15, 0.2) is 18.2 Å². The van der Waals surface area contributed by atoms with Crippen LogP contribution in [0.1, 0.15) is 50.7 Å². The molecule has 1 saturated carbocycles. The lowest BCUT2D eigenvalue weighted by molar-refractivity contribution is 0.168. The van der Waals surface area contributed by atoms with Crippen molar-refractivity contribution in [1.29, 1.82) is 0 Å². The van der Waals surface area contributed by atoms with Crippen molar-refractivity contribution in [2.24, 2.45) is 11.7 Å². The molecule has 1 aromatic carbocycles. The van der Waals surface area contributed by atoms with Gasteiger partial charge in [-0.3, -0.25) is 4.90 Å². The Morgan fingerprint density at radius 1 is 1.38 bits per heavy atom. The second-order valence-corrected chi connectivity index (χ2v) is 7.28. The Bertz CT molecular complexity index is 496. The summed E-state index contributed by atoms with van der Waals surface area (Å²) in [7, 11) is 0. The van der Waals surface area contributed by atoms with Crippen LogP contribution < -0.4 is 5.73 Å². The highest BCUT2D eigenvalue weighted by molar-refractivity contribution is 7.80. The van der Waals surface area contributed by atoms with Gasteiger partial charge in [-0.25, -0.2) is 0 Å². The number of nitrogens with two attached hydrogens (primary N) is 1. The molecule has 0 saturated heterocycles. The first-order valence-electron chi connectivity index (χ1n) is 7.79. The zero-order valence-electron chi connectivity index (χ0n) is 12.9. The first kappa shape index (κ1) is 16.7. The van der Waals surface area contributed by atoms with E-state index >= 15 is 0 Å². The van der Waals surface area contributed by atoms with Gasteiger partial charge in [-0.1, -0.05) is 62.6 Å². The molecule has 0 amide bonds. The molecule has 0 bridgehead atoms. The lowest BCUT2D eigenvalue weighted by atomic mass is 10.1. The van der Waals surface area contributed by atoms with Crippen LogP contribution in [0.5, 0.6) is 0 Å². The summed E-state index contributed by atoms with van der Waals surface area (Å²) in [4.78, 5) is 3.00. The number of hydrogen-bond acceptors (Lipinski definition) is 2. The average molecular weight is 325 g/mol.